The lowest BCUT2D eigenvalue weighted by atomic mass is 9.93. The Morgan fingerprint density at radius 2 is 0.667 bits per heavy atom. The molecule has 1 atom stereocenters. The molecule has 0 aromatic rings. The van der Waals surface area contributed by atoms with Crippen molar-refractivity contribution in [3.05, 3.63) is 0 Å². The van der Waals surface area contributed by atoms with Gasteiger partial charge in [-0.15, -0.1) is 0 Å². The van der Waals surface area contributed by atoms with Crippen molar-refractivity contribution in [2.45, 2.75) is 251 Å². The Kier molecular flexibility index (Phi) is 36.3. The molecule has 0 aliphatic heterocycles. The predicted octanol–water partition coefficient (Wildman–Crippen LogP) is 12.6. The fraction of sp³-hybridized carbons (Fsp3) is 0.953. The van der Waals surface area contributed by atoms with E-state index in [1.54, 1.807) is 0 Å². The number of hydrogen-bond donors (Lipinski definition) is 3. The molecule has 0 heterocycles. The van der Waals surface area contributed by atoms with Gasteiger partial charge in [0.25, 0.3) is 0 Å². The highest BCUT2D eigenvalue weighted by Crippen LogP contribution is 2.16. The number of amides is 2. The highest BCUT2D eigenvalue weighted by atomic mass is 16.2. The summed E-state index contributed by atoms with van der Waals surface area (Å²) in [6.07, 6.45) is 44.0. The Bertz CT molecular complexity index is 681. The lowest BCUT2D eigenvalue weighted by molar-refractivity contribution is -0.122. The summed E-state index contributed by atoms with van der Waals surface area (Å²) in [6, 6.07) is 0. The molecule has 5 heteroatoms. The van der Waals surface area contributed by atoms with Crippen LogP contribution in [0, 0.1) is 0 Å². The molecule has 0 fully saturated rings. The molecule has 0 aromatic carbocycles. The van der Waals surface area contributed by atoms with Gasteiger partial charge in [-0.1, -0.05) is 194 Å². The number of nitrogens with two attached hydrogens (primary N) is 1. The average Bonchev–Trinajstić information content (AvgIpc) is 3.06. The second-order valence-corrected chi connectivity index (χ2v) is 15.6. The lowest BCUT2D eigenvalue weighted by Crippen LogP contribution is -2.41. The van der Waals surface area contributed by atoms with Crippen LogP contribution >= 0.6 is 0 Å². The Hall–Kier alpha value is -1.10. The third kappa shape index (κ3) is 37.7. The van der Waals surface area contributed by atoms with Gasteiger partial charge in [0, 0.05) is 31.5 Å². The van der Waals surface area contributed by atoms with E-state index in [1.807, 2.05) is 0 Å². The van der Waals surface area contributed by atoms with Crippen LogP contribution in [0.25, 0.3) is 0 Å². The number of hydrogen-bond acceptors (Lipinski definition) is 3. The lowest BCUT2D eigenvalue weighted by Gasteiger charge is -2.25. The van der Waals surface area contributed by atoms with E-state index < -0.39 is 0 Å². The molecule has 1 unspecified atom stereocenters. The summed E-state index contributed by atoms with van der Waals surface area (Å²) in [6.45, 7) is 7.95. The third-order valence-corrected chi connectivity index (χ3v) is 10.3. The largest absolute Gasteiger partial charge is 0.356 e. The Morgan fingerprint density at radius 3 is 0.979 bits per heavy atom. The van der Waals surface area contributed by atoms with Crippen molar-refractivity contribution in [3.63, 3.8) is 0 Å². The van der Waals surface area contributed by atoms with E-state index in [-0.39, 0.29) is 17.4 Å². The third-order valence-electron chi connectivity index (χ3n) is 10.3. The van der Waals surface area contributed by atoms with Crippen molar-refractivity contribution in [2.75, 3.05) is 13.1 Å². The van der Waals surface area contributed by atoms with E-state index in [0.717, 1.165) is 44.9 Å². The van der Waals surface area contributed by atoms with Gasteiger partial charge < -0.3 is 16.4 Å². The van der Waals surface area contributed by atoms with Gasteiger partial charge in [0.15, 0.2) is 0 Å². The van der Waals surface area contributed by atoms with E-state index in [4.69, 9.17) is 5.73 Å². The van der Waals surface area contributed by atoms with Crippen LogP contribution in [0.1, 0.15) is 245 Å². The minimum Gasteiger partial charge on any atom is -0.356 e. The normalized spacial score (nSPS) is 12.7. The van der Waals surface area contributed by atoms with Crippen LogP contribution < -0.4 is 16.4 Å². The molecule has 0 rings (SSSR count). The summed E-state index contributed by atoms with van der Waals surface area (Å²) in [4.78, 5) is 24.5. The van der Waals surface area contributed by atoms with Gasteiger partial charge >= 0.3 is 0 Å². The van der Waals surface area contributed by atoms with E-state index in [1.165, 1.54) is 167 Å². The van der Waals surface area contributed by atoms with Crippen molar-refractivity contribution >= 4 is 11.8 Å². The van der Waals surface area contributed by atoms with Crippen LogP contribution in [0.5, 0.6) is 0 Å². The molecule has 0 bridgehead atoms. The van der Waals surface area contributed by atoms with Crippen LogP contribution in [0.3, 0.4) is 0 Å². The second-order valence-electron chi connectivity index (χ2n) is 15.6. The van der Waals surface area contributed by atoms with Gasteiger partial charge in [-0.2, -0.15) is 0 Å². The number of nitrogens with one attached hydrogen (secondary N) is 2. The van der Waals surface area contributed by atoms with Crippen molar-refractivity contribution in [1.82, 2.24) is 10.6 Å². The zero-order chi connectivity index (χ0) is 35.2. The fourth-order valence-electron chi connectivity index (χ4n) is 6.82. The van der Waals surface area contributed by atoms with Crippen LogP contribution in [0.15, 0.2) is 0 Å². The summed E-state index contributed by atoms with van der Waals surface area (Å²) in [5, 5.41) is 6.15. The van der Waals surface area contributed by atoms with Gasteiger partial charge in [-0.05, 0) is 39.0 Å². The maximum atomic E-state index is 12.2. The predicted molar refractivity (Wildman–Crippen MR) is 212 cm³/mol. The van der Waals surface area contributed by atoms with Crippen molar-refractivity contribution in [2.24, 2.45) is 5.73 Å². The van der Waals surface area contributed by atoms with Gasteiger partial charge in [0.1, 0.15) is 0 Å². The molecule has 0 radical (unpaired) electrons. The van der Waals surface area contributed by atoms with Crippen LogP contribution in [-0.2, 0) is 9.59 Å². The first-order valence-corrected chi connectivity index (χ1v) is 21.7. The molecule has 0 aliphatic rings. The minimum atomic E-state index is -0.319. The van der Waals surface area contributed by atoms with E-state index in [0.29, 0.717) is 25.9 Å². The average molecular weight is 678 g/mol. The number of rotatable bonds is 39. The van der Waals surface area contributed by atoms with E-state index in [9.17, 15) is 9.59 Å². The Morgan fingerprint density at radius 1 is 0.396 bits per heavy atom. The molecule has 0 saturated heterocycles. The summed E-state index contributed by atoms with van der Waals surface area (Å²) >= 11 is 0. The molecule has 0 aromatic heterocycles. The summed E-state index contributed by atoms with van der Waals surface area (Å²) in [7, 11) is 0. The number of unbranched alkanes of at least 4 members (excludes halogenated alkanes) is 28. The highest BCUT2D eigenvalue weighted by Gasteiger charge is 2.18. The summed E-state index contributed by atoms with van der Waals surface area (Å²) in [5.74, 6) is 0.334. The van der Waals surface area contributed by atoms with Crippen molar-refractivity contribution < 1.29 is 9.59 Å². The molecule has 0 spiro atoms. The van der Waals surface area contributed by atoms with Crippen LogP contribution in [-0.4, -0.2) is 30.4 Å². The van der Waals surface area contributed by atoms with Gasteiger partial charge in [0.2, 0.25) is 11.8 Å². The standard InChI is InChI=1S/C43H87N3O2/c1-4-6-8-10-12-14-16-18-20-22-24-26-28-30-32-35-41(47)45-39-34-37-43(3,44)38-40-46-42(48)36-33-31-29-27-25-23-21-19-17-15-13-11-9-7-5-2/h4-40,44H2,1-3H3,(H,45,47)(H,46,48). The smallest absolute Gasteiger partial charge is 0.219 e. The molecule has 0 aliphatic carbocycles. The quantitative estimate of drug-likeness (QED) is 0.0566. The molecular formula is C43H87N3O2. The number of carbonyl (C=O) groups excluding carboxylic acids is 2. The monoisotopic (exact) mass is 678 g/mol. The first kappa shape index (κ1) is 46.9. The molecule has 48 heavy (non-hydrogen) atoms. The first-order chi connectivity index (χ1) is 23.4. The maximum absolute atomic E-state index is 12.2. The fourth-order valence-corrected chi connectivity index (χ4v) is 6.82. The minimum absolute atomic E-state index is 0.159. The molecular weight excluding hydrogens is 590 g/mol. The molecule has 286 valence electrons. The Labute approximate surface area is 301 Å². The van der Waals surface area contributed by atoms with Crippen molar-refractivity contribution in [3.8, 4) is 0 Å². The molecule has 0 saturated carbocycles. The molecule has 2 amide bonds. The van der Waals surface area contributed by atoms with Gasteiger partial charge in [-0.3, -0.25) is 9.59 Å². The second kappa shape index (κ2) is 37.2. The zero-order valence-corrected chi connectivity index (χ0v) is 33.1. The van der Waals surface area contributed by atoms with E-state index in [2.05, 4.69) is 31.4 Å². The Balaban J connectivity index is 3.46. The van der Waals surface area contributed by atoms with Crippen LogP contribution in [0.2, 0.25) is 0 Å². The van der Waals surface area contributed by atoms with Crippen LogP contribution in [0.4, 0.5) is 0 Å². The molecule has 4 N–H and O–H groups in total. The number of carbonyl (C=O) groups is 2. The SMILES string of the molecule is CCCCCCCCCCCCCCCCCC(=O)NCCCC(C)(N)CCNC(=O)CCCCCCCCCCCCCCCCC. The van der Waals surface area contributed by atoms with E-state index >= 15 is 0 Å². The van der Waals surface area contributed by atoms with Gasteiger partial charge in [-0.25, -0.2) is 0 Å². The summed E-state index contributed by atoms with van der Waals surface area (Å²) < 4.78 is 0. The first-order valence-electron chi connectivity index (χ1n) is 21.7. The zero-order valence-electron chi connectivity index (χ0n) is 33.1. The topological polar surface area (TPSA) is 84.2 Å². The summed E-state index contributed by atoms with van der Waals surface area (Å²) in [5.41, 5.74) is 6.17. The maximum Gasteiger partial charge on any atom is 0.219 e. The highest BCUT2D eigenvalue weighted by molar-refractivity contribution is 5.76. The molecule has 5 nitrogen and oxygen atoms in total. The van der Waals surface area contributed by atoms with Gasteiger partial charge in [0.05, 0.1) is 0 Å². The van der Waals surface area contributed by atoms with Crippen molar-refractivity contribution in [1.29, 1.82) is 0 Å².